The first kappa shape index (κ1) is 25.9. The van der Waals surface area contributed by atoms with Gasteiger partial charge in [-0.2, -0.15) is 0 Å². The number of aromatic amines is 2. The van der Waals surface area contributed by atoms with Crippen LogP contribution in [0.25, 0.3) is 45.3 Å². The third kappa shape index (κ3) is 4.93. The van der Waals surface area contributed by atoms with Gasteiger partial charge in [-0.1, -0.05) is 13.8 Å². The summed E-state index contributed by atoms with van der Waals surface area (Å²) in [4.78, 5) is 16.6. The normalized spacial score (nSPS) is 11.0. The van der Waals surface area contributed by atoms with Gasteiger partial charge in [0.1, 0.15) is 34.6 Å². The Bertz CT molecular complexity index is 1500. The highest BCUT2D eigenvalue weighted by molar-refractivity contribution is 5.85. The summed E-state index contributed by atoms with van der Waals surface area (Å²) >= 11 is 0. The van der Waals surface area contributed by atoms with E-state index in [2.05, 4.69) is 23.8 Å². The molecule has 0 aliphatic carbocycles. The molecule has 2 heterocycles. The Balaban J connectivity index is 1.69. The number of aromatic hydroxyl groups is 1. The maximum atomic E-state index is 11.5. The maximum absolute atomic E-state index is 11.5. The van der Waals surface area contributed by atoms with Crippen molar-refractivity contribution in [3.8, 4) is 68.3 Å². The highest BCUT2D eigenvalue weighted by atomic mass is 16.5. The lowest BCUT2D eigenvalue weighted by atomic mass is 10.0. The van der Waals surface area contributed by atoms with E-state index in [0.717, 1.165) is 58.2 Å². The summed E-state index contributed by atoms with van der Waals surface area (Å²) in [6.45, 7) is 4.15. The molecule has 39 heavy (non-hydrogen) atoms. The number of hydrogen-bond donors (Lipinski definition) is 3. The van der Waals surface area contributed by atoms with E-state index < -0.39 is 0 Å². The maximum Gasteiger partial charge on any atom is 0.142 e. The molecule has 8 heteroatoms. The van der Waals surface area contributed by atoms with Crippen molar-refractivity contribution in [2.45, 2.75) is 26.7 Å². The van der Waals surface area contributed by atoms with Crippen LogP contribution in [0.5, 0.6) is 23.0 Å². The molecular weight excluding hydrogens is 492 g/mol. The average Bonchev–Trinajstić information content (AvgIpc) is 3.62. The Morgan fingerprint density at radius 1 is 0.667 bits per heavy atom. The van der Waals surface area contributed by atoms with Crippen LogP contribution >= 0.6 is 0 Å². The van der Waals surface area contributed by atoms with Crippen LogP contribution in [0.1, 0.15) is 25.2 Å². The Labute approximate surface area is 227 Å². The highest BCUT2D eigenvalue weighted by Gasteiger charge is 2.22. The zero-order valence-corrected chi connectivity index (χ0v) is 22.8. The monoisotopic (exact) mass is 524 g/mol. The van der Waals surface area contributed by atoms with Gasteiger partial charge in [0.2, 0.25) is 0 Å². The smallest absolute Gasteiger partial charge is 0.142 e. The van der Waals surface area contributed by atoms with E-state index in [1.807, 2.05) is 48.5 Å². The summed E-state index contributed by atoms with van der Waals surface area (Å²) in [5.41, 5.74) is 6.46. The number of phenols is 1. The second kappa shape index (κ2) is 10.9. The van der Waals surface area contributed by atoms with E-state index in [1.165, 1.54) is 0 Å². The van der Waals surface area contributed by atoms with Crippen molar-refractivity contribution in [3.05, 3.63) is 72.1 Å². The van der Waals surface area contributed by atoms with Crippen LogP contribution in [-0.2, 0) is 12.8 Å². The second-order valence-electron chi connectivity index (χ2n) is 9.05. The fourth-order valence-corrected chi connectivity index (χ4v) is 4.67. The van der Waals surface area contributed by atoms with Crippen LogP contribution in [0.15, 0.2) is 60.7 Å². The predicted octanol–water partition coefficient (Wildman–Crippen LogP) is 6.66. The van der Waals surface area contributed by atoms with E-state index in [1.54, 1.807) is 33.5 Å². The molecule has 0 fully saturated rings. The quantitative estimate of drug-likeness (QED) is 0.199. The topological polar surface area (TPSA) is 105 Å². The van der Waals surface area contributed by atoms with Crippen molar-refractivity contribution in [2.75, 3.05) is 21.3 Å². The van der Waals surface area contributed by atoms with E-state index in [4.69, 9.17) is 24.2 Å². The van der Waals surface area contributed by atoms with E-state index in [9.17, 15) is 5.11 Å². The molecule has 5 aromatic rings. The number of nitrogens with zero attached hydrogens (tertiary/aromatic N) is 2. The molecule has 0 unspecified atom stereocenters. The summed E-state index contributed by atoms with van der Waals surface area (Å²) in [5, 5.41) is 11.5. The molecule has 8 nitrogen and oxygen atoms in total. The molecular formula is C31H32N4O4. The number of benzene rings is 3. The number of nitrogens with one attached hydrogen (secondary N) is 2. The zero-order chi connectivity index (χ0) is 27.5. The molecule has 3 aromatic carbocycles. The number of imidazole rings is 2. The Hall–Kier alpha value is -4.72. The Kier molecular flexibility index (Phi) is 7.27. The largest absolute Gasteiger partial charge is 0.506 e. The van der Waals surface area contributed by atoms with Gasteiger partial charge in [0.25, 0.3) is 0 Å². The van der Waals surface area contributed by atoms with Gasteiger partial charge in [-0.05, 0) is 73.5 Å². The first-order valence-electron chi connectivity index (χ1n) is 12.9. The van der Waals surface area contributed by atoms with E-state index >= 15 is 0 Å². The van der Waals surface area contributed by atoms with Crippen LogP contribution in [0.4, 0.5) is 0 Å². The summed E-state index contributed by atoms with van der Waals surface area (Å²) < 4.78 is 16.3. The van der Waals surface area contributed by atoms with Crippen molar-refractivity contribution >= 4 is 0 Å². The van der Waals surface area contributed by atoms with Crippen molar-refractivity contribution in [1.82, 2.24) is 19.9 Å². The minimum Gasteiger partial charge on any atom is -0.506 e. The van der Waals surface area contributed by atoms with Gasteiger partial charge >= 0.3 is 0 Å². The number of methoxy groups -OCH3 is 3. The molecule has 0 spiro atoms. The van der Waals surface area contributed by atoms with Crippen LogP contribution < -0.4 is 14.2 Å². The van der Waals surface area contributed by atoms with Gasteiger partial charge in [-0.15, -0.1) is 0 Å². The van der Waals surface area contributed by atoms with Crippen molar-refractivity contribution in [2.24, 2.45) is 0 Å². The van der Waals surface area contributed by atoms with E-state index in [-0.39, 0.29) is 5.75 Å². The number of aryl methyl sites for hydroxylation is 2. The number of phenolic OH excluding ortho intramolecular Hbond substituents is 1. The summed E-state index contributed by atoms with van der Waals surface area (Å²) in [6, 6.07) is 19.0. The average molecular weight is 525 g/mol. The molecule has 3 N–H and O–H groups in total. The van der Waals surface area contributed by atoms with Crippen molar-refractivity contribution in [1.29, 1.82) is 0 Å². The lowest BCUT2D eigenvalue weighted by molar-refractivity contribution is 0.413. The number of ether oxygens (including phenoxy) is 3. The SMILES string of the molecule is CCc1nc(-c2cc(OC)cc(-c3nc(-c4ccc(OC)cc4)c(-c4ccc(OC)cc4)[nH]3)c2O)[nH]c1CC. The molecule has 0 atom stereocenters. The molecule has 0 bridgehead atoms. The molecule has 0 radical (unpaired) electrons. The van der Waals surface area contributed by atoms with Gasteiger partial charge in [0.05, 0.1) is 49.5 Å². The molecule has 0 amide bonds. The van der Waals surface area contributed by atoms with Crippen molar-refractivity contribution < 1.29 is 19.3 Å². The zero-order valence-electron chi connectivity index (χ0n) is 22.8. The summed E-state index contributed by atoms with van der Waals surface area (Å²) in [6.07, 6.45) is 1.62. The molecule has 5 rings (SSSR count). The first-order chi connectivity index (χ1) is 19.0. The third-order valence-electron chi connectivity index (χ3n) is 6.83. The molecule has 2 aromatic heterocycles. The fourth-order valence-electron chi connectivity index (χ4n) is 4.67. The second-order valence-corrected chi connectivity index (χ2v) is 9.05. The van der Waals surface area contributed by atoms with Gasteiger partial charge in [0, 0.05) is 16.8 Å². The van der Waals surface area contributed by atoms with Gasteiger partial charge in [-0.3, -0.25) is 0 Å². The minimum absolute atomic E-state index is 0.0613. The lowest BCUT2D eigenvalue weighted by Gasteiger charge is -2.10. The molecule has 0 saturated carbocycles. The minimum atomic E-state index is 0.0613. The predicted molar refractivity (Wildman–Crippen MR) is 153 cm³/mol. The van der Waals surface area contributed by atoms with Crippen LogP contribution in [-0.4, -0.2) is 46.4 Å². The number of aromatic nitrogens is 4. The molecule has 0 aliphatic rings. The highest BCUT2D eigenvalue weighted by Crippen LogP contribution is 2.42. The first-order valence-corrected chi connectivity index (χ1v) is 12.9. The number of H-pyrrole nitrogens is 2. The lowest BCUT2D eigenvalue weighted by Crippen LogP contribution is -1.92. The third-order valence-corrected chi connectivity index (χ3v) is 6.83. The van der Waals surface area contributed by atoms with Gasteiger partial charge < -0.3 is 29.3 Å². The standard InChI is InChI=1S/C31H32N4O4/c1-6-25-26(7-2)33-30(32-25)23-16-22(39-5)17-24(29(23)36)31-34-27(18-8-12-20(37-3)13-9-18)28(35-31)19-10-14-21(38-4)15-11-19/h8-17,36H,6-7H2,1-5H3,(H,32,33)(H,34,35). The van der Waals surface area contributed by atoms with Crippen molar-refractivity contribution in [3.63, 3.8) is 0 Å². The van der Waals surface area contributed by atoms with Gasteiger partial charge in [-0.25, -0.2) is 9.97 Å². The summed E-state index contributed by atoms with van der Waals surface area (Å²) in [7, 11) is 4.88. The fraction of sp³-hybridized carbons (Fsp3) is 0.226. The Morgan fingerprint density at radius 3 is 1.69 bits per heavy atom. The number of hydrogen-bond acceptors (Lipinski definition) is 6. The Morgan fingerprint density at radius 2 is 1.21 bits per heavy atom. The van der Waals surface area contributed by atoms with Crippen LogP contribution in [0.3, 0.4) is 0 Å². The summed E-state index contributed by atoms with van der Waals surface area (Å²) in [5.74, 6) is 3.26. The van der Waals surface area contributed by atoms with Crippen LogP contribution in [0.2, 0.25) is 0 Å². The number of rotatable bonds is 9. The molecule has 200 valence electrons. The molecule has 0 aliphatic heterocycles. The van der Waals surface area contributed by atoms with Gasteiger partial charge in [0.15, 0.2) is 0 Å². The molecule has 0 saturated heterocycles. The van der Waals surface area contributed by atoms with Crippen LogP contribution in [0, 0.1) is 0 Å². The van der Waals surface area contributed by atoms with E-state index in [0.29, 0.717) is 28.5 Å².